The molecule has 1 aromatic heterocycles. The van der Waals surface area contributed by atoms with Crippen LogP contribution >= 0.6 is 11.6 Å². The van der Waals surface area contributed by atoms with Crippen LogP contribution in [0.3, 0.4) is 0 Å². The number of likely N-dealkylation sites (N-methyl/N-ethyl adjacent to an activating group) is 2. The second-order valence-corrected chi connectivity index (χ2v) is 4.89. The van der Waals surface area contributed by atoms with E-state index in [0.717, 1.165) is 12.2 Å². The number of likely N-dealkylation sites (tertiary alicyclic amines) is 1. The van der Waals surface area contributed by atoms with Gasteiger partial charge in [0.05, 0.1) is 0 Å². The highest BCUT2D eigenvalue weighted by molar-refractivity contribution is 6.29. The fourth-order valence-electron chi connectivity index (χ4n) is 2.28. The Morgan fingerprint density at radius 3 is 3.06 bits per heavy atom. The maximum Gasteiger partial charge on any atom is 0.131 e. The van der Waals surface area contributed by atoms with Gasteiger partial charge >= 0.3 is 0 Å². The molecular formula is C12H18ClN3. The molecule has 1 aromatic rings. The van der Waals surface area contributed by atoms with E-state index in [-0.39, 0.29) is 0 Å². The van der Waals surface area contributed by atoms with Gasteiger partial charge in [-0.1, -0.05) is 11.6 Å². The predicted molar refractivity (Wildman–Crippen MR) is 68.2 cm³/mol. The molecule has 1 unspecified atom stereocenters. The number of rotatable bonds is 2. The van der Waals surface area contributed by atoms with Crippen molar-refractivity contribution in [3.8, 4) is 0 Å². The number of anilines is 1. The van der Waals surface area contributed by atoms with Crippen molar-refractivity contribution in [2.24, 2.45) is 0 Å². The van der Waals surface area contributed by atoms with E-state index in [1.807, 2.05) is 12.1 Å². The first kappa shape index (κ1) is 11.7. The van der Waals surface area contributed by atoms with Gasteiger partial charge in [-0.25, -0.2) is 4.98 Å². The first-order valence-corrected chi connectivity index (χ1v) is 6.07. The first-order chi connectivity index (χ1) is 7.66. The highest BCUT2D eigenvalue weighted by atomic mass is 35.5. The standard InChI is InChI=1S/C12H18ClN3/c1-15-7-3-4-11(9-15)16(2)10-5-6-14-12(13)8-10/h5-6,8,11H,3-4,7,9H2,1-2H3. The lowest BCUT2D eigenvalue weighted by Crippen LogP contribution is -2.45. The van der Waals surface area contributed by atoms with Crippen LogP contribution in [0, 0.1) is 0 Å². The predicted octanol–water partition coefficient (Wildman–Crippen LogP) is 2.27. The molecule has 1 saturated heterocycles. The monoisotopic (exact) mass is 239 g/mol. The second-order valence-electron chi connectivity index (χ2n) is 4.51. The zero-order chi connectivity index (χ0) is 11.5. The minimum Gasteiger partial charge on any atom is -0.370 e. The third kappa shape index (κ3) is 2.66. The van der Waals surface area contributed by atoms with Gasteiger partial charge in [0.1, 0.15) is 5.15 Å². The summed E-state index contributed by atoms with van der Waals surface area (Å²) >= 11 is 5.91. The van der Waals surface area contributed by atoms with Crippen molar-refractivity contribution in [2.45, 2.75) is 18.9 Å². The smallest absolute Gasteiger partial charge is 0.131 e. The van der Waals surface area contributed by atoms with Crippen LogP contribution in [0.2, 0.25) is 5.15 Å². The molecule has 0 radical (unpaired) electrons. The second kappa shape index (κ2) is 5.02. The van der Waals surface area contributed by atoms with Crippen LogP contribution in [0.5, 0.6) is 0 Å². The Kier molecular flexibility index (Phi) is 3.66. The quantitative estimate of drug-likeness (QED) is 0.739. The average Bonchev–Trinajstić information content (AvgIpc) is 2.28. The minimum atomic E-state index is 0.563. The molecule has 88 valence electrons. The summed E-state index contributed by atoms with van der Waals surface area (Å²) in [5.74, 6) is 0. The lowest BCUT2D eigenvalue weighted by molar-refractivity contribution is 0.248. The SMILES string of the molecule is CN1CCCC(N(C)c2ccnc(Cl)c2)C1. The Hall–Kier alpha value is -0.800. The summed E-state index contributed by atoms with van der Waals surface area (Å²) in [5, 5.41) is 0.563. The summed E-state index contributed by atoms with van der Waals surface area (Å²) in [6, 6.07) is 4.52. The van der Waals surface area contributed by atoms with Crippen LogP contribution in [-0.4, -0.2) is 43.1 Å². The van der Waals surface area contributed by atoms with E-state index in [2.05, 4.69) is 28.9 Å². The van der Waals surface area contributed by atoms with E-state index in [1.165, 1.54) is 19.4 Å². The number of piperidine rings is 1. The van der Waals surface area contributed by atoms with Crippen molar-refractivity contribution < 1.29 is 0 Å². The molecule has 1 aliphatic rings. The molecule has 1 fully saturated rings. The topological polar surface area (TPSA) is 19.4 Å². The summed E-state index contributed by atoms with van der Waals surface area (Å²) in [6.45, 7) is 2.33. The Morgan fingerprint density at radius 1 is 1.56 bits per heavy atom. The van der Waals surface area contributed by atoms with E-state index in [4.69, 9.17) is 11.6 Å². The van der Waals surface area contributed by atoms with Gasteiger partial charge in [-0.05, 0) is 38.6 Å². The molecule has 4 heteroatoms. The van der Waals surface area contributed by atoms with Crippen molar-refractivity contribution >= 4 is 17.3 Å². The molecule has 2 heterocycles. The maximum atomic E-state index is 5.91. The number of halogens is 1. The lowest BCUT2D eigenvalue weighted by atomic mass is 10.0. The van der Waals surface area contributed by atoms with E-state index in [0.29, 0.717) is 11.2 Å². The summed E-state index contributed by atoms with van der Waals surface area (Å²) in [6.07, 6.45) is 4.28. The minimum absolute atomic E-state index is 0.563. The molecule has 2 rings (SSSR count). The molecule has 0 aliphatic carbocycles. The van der Waals surface area contributed by atoms with Crippen LogP contribution in [0.4, 0.5) is 5.69 Å². The first-order valence-electron chi connectivity index (χ1n) is 5.70. The van der Waals surface area contributed by atoms with E-state index >= 15 is 0 Å². The number of hydrogen-bond acceptors (Lipinski definition) is 3. The molecule has 0 amide bonds. The molecule has 0 aromatic carbocycles. The number of hydrogen-bond donors (Lipinski definition) is 0. The van der Waals surface area contributed by atoms with Crippen LogP contribution < -0.4 is 4.90 Å². The summed E-state index contributed by atoms with van der Waals surface area (Å²) in [5.41, 5.74) is 1.15. The Balaban J connectivity index is 2.09. The largest absolute Gasteiger partial charge is 0.370 e. The molecule has 16 heavy (non-hydrogen) atoms. The van der Waals surface area contributed by atoms with Crippen molar-refractivity contribution in [1.82, 2.24) is 9.88 Å². The van der Waals surface area contributed by atoms with Gasteiger partial charge in [-0.15, -0.1) is 0 Å². The van der Waals surface area contributed by atoms with Gasteiger partial charge in [-0.2, -0.15) is 0 Å². The van der Waals surface area contributed by atoms with Crippen molar-refractivity contribution in [1.29, 1.82) is 0 Å². The zero-order valence-corrected chi connectivity index (χ0v) is 10.6. The third-order valence-electron chi connectivity index (χ3n) is 3.26. The summed E-state index contributed by atoms with van der Waals surface area (Å²) in [4.78, 5) is 8.70. The zero-order valence-electron chi connectivity index (χ0n) is 9.86. The van der Waals surface area contributed by atoms with E-state index in [1.54, 1.807) is 6.20 Å². The van der Waals surface area contributed by atoms with Crippen LogP contribution in [0.1, 0.15) is 12.8 Å². The number of nitrogens with zero attached hydrogens (tertiary/aromatic N) is 3. The van der Waals surface area contributed by atoms with Gasteiger partial charge < -0.3 is 9.80 Å². The van der Waals surface area contributed by atoms with Gasteiger partial charge in [0.15, 0.2) is 0 Å². The molecular weight excluding hydrogens is 222 g/mol. The number of aromatic nitrogens is 1. The van der Waals surface area contributed by atoms with Gasteiger partial charge in [0.2, 0.25) is 0 Å². The fourth-order valence-corrected chi connectivity index (χ4v) is 2.45. The van der Waals surface area contributed by atoms with Crippen LogP contribution in [-0.2, 0) is 0 Å². The fraction of sp³-hybridized carbons (Fsp3) is 0.583. The van der Waals surface area contributed by atoms with Gasteiger partial charge in [0.25, 0.3) is 0 Å². The normalized spacial score (nSPS) is 22.1. The molecule has 3 nitrogen and oxygen atoms in total. The number of pyridine rings is 1. The van der Waals surface area contributed by atoms with E-state index < -0.39 is 0 Å². The van der Waals surface area contributed by atoms with Crippen LogP contribution in [0.15, 0.2) is 18.3 Å². The Morgan fingerprint density at radius 2 is 2.38 bits per heavy atom. The van der Waals surface area contributed by atoms with Crippen LogP contribution in [0.25, 0.3) is 0 Å². The lowest BCUT2D eigenvalue weighted by Gasteiger charge is -2.37. The molecule has 1 atom stereocenters. The van der Waals surface area contributed by atoms with Gasteiger partial charge in [0, 0.05) is 31.5 Å². The molecule has 0 spiro atoms. The molecule has 0 saturated carbocycles. The van der Waals surface area contributed by atoms with Gasteiger partial charge in [-0.3, -0.25) is 0 Å². The third-order valence-corrected chi connectivity index (χ3v) is 3.47. The van der Waals surface area contributed by atoms with Crippen molar-refractivity contribution in [3.63, 3.8) is 0 Å². The van der Waals surface area contributed by atoms with Crippen molar-refractivity contribution in [3.05, 3.63) is 23.5 Å². The Bertz CT molecular complexity index is 356. The van der Waals surface area contributed by atoms with E-state index in [9.17, 15) is 0 Å². The highest BCUT2D eigenvalue weighted by Crippen LogP contribution is 2.22. The molecule has 0 bridgehead atoms. The van der Waals surface area contributed by atoms with Crippen molar-refractivity contribution in [2.75, 3.05) is 32.1 Å². The highest BCUT2D eigenvalue weighted by Gasteiger charge is 2.21. The maximum absolute atomic E-state index is 5.91. The Labute approximate surface area is 102 Å². The molecule has 0 N–H and O–H groups in total. The average molecular weight is 240 g/mol. The summed E-state index contributed by atoms with van der Waals surface area (Å²) < 4.78 is 0. The molecule has 1 aliphatic heterocycles. The summed E-state index contributed by atoms with van der Waals surface area (Å²) in [7, 11) is 4.31.